The predicted octanol–water partition coefficient (Wildman–Crippen LogP) is 1.54. The van der Waals surface area contributed by atoms with Gasteiger partial charge in [-0.1, -0.05) is 30.3 Å². The SMILES string of the molecule is CN1CNc2c(N)nc(-c3ccccc3)nc21. The van der Waals surface area contributed by atoms with E-state index in [2.05, 4.69) is 15.3 Å². The zero-order chi connectivity index (χ0) is 11.8. The number of fused-ring (bicyclic) bond motifs is 1. The third kappa shape index (κ3) is 1.56. The molecule has 2 aromatic rings. The number of hydrogen-bond acceptors (Lipinski definition) is 5. The van der Waals surface area contributed by atoms with E-state index < -0.39 is 0 Å². The van der Waals surface area contributed by atoms with Crippen LogP contribution in [0.3, 0.4) is 0 Å². The van der Waals surface area contributed by atoms with E-state index in [-0.39, 0.29) is 0 Å². The van der Waals surface area contributed by atoms with Gasteiger partial charge in [-0.2, -0.15) is 0 Å². The molecule has 5 heteroatoms. The molecule has 5 nitrogen and oxygen atoms in total. The van der Waals surface area contributed by atoms with Crippen LogP contribution in [-0.2, 0) is 0 Å². The summed E-state index contributed by atoms with van der Waals surface area (Å²) in [6, 6.07) is 9.84. The van der Waals surface area contributed by atoms with Crippen LogP contribution in [-0.4, -0.2) is 23.7 Å². The van der Waals surface area contributed by atoms with Gasteiger partial charge >= 0.3 is 0 Å². The van der Waals surface area contributed by atoms with Gasteiger partial charge in [-0.15, -0.1) is 0 Å². The number of nitrogen functional groups attached to an aromatic ring is 1. The fraction of sp³-hybridized carbons (Fsp3) is 0.167. The molecule has 1 aromatic heterocycles. The minimum Gasteiger partial charge on any atom is -0.382 e. The first-order valence-electron chi connectivity index (χ1n) is 5.43. The van der Waals surface area contributed by atoms with Gasteiger partial charge in [-0.3, -0.25) is 0 Å². The number of nitrogens with zero attached hydrogens (tertiary/aromatic N) is 3. The highest BCUT2D eigenvalue weighted by molar-refractivity contribution is 5.82. The van der Waals surface area contributed by atoms with Crippen molar-refractivity contribution in [2.75, 3.05) is 29.7 Å². The van der Waals surface area contributed by atoms with Crippen LogP contribution in [0, 0.1) is 0 Å². The second-order valence-corrected chi connectivity index (χ2v) is 4.03. The Morgan fingerprint density at radius 2 is 2.00 bits per heavy atom. The summed E-state index contributed by atoms with van der Waals surface area (Å²) in [6.45, 7) is 0.715. The molecule has 1 aromatic carbocycles. The minimum absolute atomic E-state index is 0.498. The Hall–Kier alpha value is -2.30. The van der Waals surface area contributed by atoms with Gasteiger partial charge in [0.25, 0.3) is 0 Å². The number of nitrogens with two attached hydrogens (primary N) is 1. The van der Waals surface area contributed by atoms with E-state index in [4.69, 9.17) is 5.73 Å². The number of aromatic nitrogens is 2. The molecule has 2 heterocycles. The average Bonchev–Trinajstić information content (AvgIpc) is 2.73. The maximum atomic E-state index is 5.93. The molecule has 0 fully saturated rings. The summed E-state index contributed by atoms with van der Waals surface area (Å²) in [6.07, 6.45) is 0. The van der Waals surface area contributed by atoms with Gasteiger partial charge in [-0.05, 0) is 0 Å². The Bertz CT molecular complexity index is 552. The molecular weight excluding hydrogens is 214 g/mol. The molecule has 0 amide bonds. The van der Waals surface area contributed by atoms with Crippen molar-refractivity contribution >= 4 is 17.3 Å². The minimum atomic E-state index is 0.498. The molecule has 3 N–H and O–H groups in total. The van der Waals surface area contributed by atoms with Gasteiger partial charge in [0, 0.05) is 12.6 Å². The van der Waals surface area contributed by atoms with Crippen LogP contribution < -0.4 is 16.0 Å². The Balaban J connectivity index is 2.15. The summed E-state index contributed by atoms with van der Waals surface area (Å²) >= 11 is 0. The van der Waals surface area contributed by atoms with E-state index in [0.717, 1.165) is 17.1 Å². The van der Waals surface area contributed by atoms with Crippen molar-refractivity contribution in [3.05, 3.63) is 30.3 Å². The van der Waals surface area contributed by atoms with Crippen molar-refractivity contribution in [2.24, 2.45) is 0 Å². The van der Waals surface area contributed by atoms with Crippen molar-refractivity contribution in [3.63, 3.8) is 0 Å². The fourth-order valence-corrected chi connectivity index (χ4v) is 1.90. The number of nitrogens with one attached hydrogen (secondary N) is 1. The van der Waals surface area contributed by atoms with Crippen molar-refractivity contribution in [1.29, 1.82) is 0 Å². The smallest absolute Gasteiger partial charge is 0.164 e. The lowest BCUT2D eigenvalue weighted by atomic mass is 10.2. The summed E-state index contributed by atoms with van der Waals surface area (Å²) in [4.78, 5) is 10.9. The van der Waals surface area contributed by atoms with E-state index in [1.165, 1.54) is 0 Å². The normalized spacial score (nSPS) is 13.4. The summed E-state index contributed by atoms with van der Waals surface area (Å²) in [5.41, 5.74) is 7.73. The van der Waals surface area contributed by atoms with E-state index in [9.17, 15) is 0 Å². The molecule has 0 unspecified atom stereocenters. The molecule has 0 atom stereocenters. The first-order valence-corrected chi connectivity index (χ1v) is 5.43. The molecule has 86 valence electrons. The number of rotatable bonds is 1. The third-order valence-corrected chi connectivity index (χ3v) is 2.80. The van der Waals surface area contributed by atoms with E-state index in [1.807, 2.05) is 42.3 Å². The lowest BCUT2D eigenvalue weighted by molar-refractivity contribution is 1.00. The van der Waals surface area contributed by atoms with Crippen LogP contribution in [0.15, 0.2) is 30.3 Å². The second kappa shape index (κ2) is 3.62. The standard InChI is InChI=1S/C12H13N5/c1-17-7-14-9-10(13)15-11(16-12(9)17)8-5-3-2-4-6-8/h2-6,14H,7H2,1H3,(H2,13,15,16). The Labute approximate surface area is 99.3 Å². The van der Waals surface area contributed by atoms with Crippen LogP contribution >= 0.6 is 0 Å². The van der Waals surface area contributed by atoms with Gasteiger partial charge < -0.3 is 16.0 Å². The third-order valence-electron chi connectivity index (χ3n) is 2.80. The molecule has 1 aliphatic heterocycles. The zero-order valence-electron chi connectivity index (χ0n) is 9.51. The Morgan fingerprint density at radius 1 is 1.24 bits per heavy atom. The molecule has 0 spiro atoms. The molecule has 1 aliphatic rings. The molecular formula is C12H13N5. The number of benzene rings is 1. The van der Waals surface area contributed by atoms with Crippen LogP contribution in [0.25, 0.3) is 11.4 Å². The molecule has 0 aliphatic carbocycles. The molecule has 0 bridgehead atoms. The highest BCUT2D eigenvalue weighted by Gasteiger charge is 2.21. The van der Waals surface area contributed by atoms with Crippen molar-refractivity contribution in [3.8, 4) is 11.4 Å². The average molecular weight is 227 g/mol. The van der Waals surface area contributed by atoms with Gasteiger partial charge in [0.2, 0.25) is 0 Å². The van der Waals surface area contributed by atoms with Crippen LogP contribution in [0.4, 0.5) is 17.3 Å². The first-order chi connectivity index (χ1) is 8.25. The Kier molecular flexibility index (Phi) is 2.11. The van der Waals surface area contributed by atoms with E-state index >= 15 is 0 Å². The summed E-state index contributed by atoms with van der Waals surface area (Å²) in [5.74, 6) is 2.02. The summed E-state index contributed by atoms with van der Waals surface area (Å²) in [5, 5.41) is 3.17. The van der Waals surface area contributed by atoms with Crippen molar-refractivity contribution < 1.29 is 0 Å². The maximum Gasteiger partial charge on any atom is 0.164 e. The lowest BCUT2D eigenvalue weighted by Gasteiger charge is -2.10. The molecule has 0 radical (unpaired) electrons. The number of anilines is 3. The Morgan fingerprint density at radius 3 is 2.76 bits per heavy atom. The fourth-order valence-electron chi connectivity index (χ4n) is 1.90. The maximum absolute atomic E-state index is 5.93. The van der Waals surface area contributed by atoms with Gasteiger partial charge in [0.05, 0.1) is 6.67 Å². The van der Waals surface area contributed by atoms with Gasteiger partial charge in [-0.25, -0.2) is 9.97 Å². The van der Waals surface area contributed by atoms with Gasteiger partial charge in [0.1, 0.15) is 5.69 Å². The van der Waals surface area contributed by atoms with E-state index in [0.29, 0.717) is 18.3 Å². The zero-order valence-corrected chi connectivity index (χ0v) is 9.51. The van der Waals surface area contributed by atoms with Crippen LogP contribution in [0.2, 0.25) is 0 Å². The largest absolute Gasteiger partial charge is 0.382 e. The molecule has 3 rings (SSSR count). The second-order valence-electron chi connectivity index (χ2n) is 4.03. The van der Waals surface area contributed by atoms with Crippen LogP contribution in [0.1, 0.15) is 0 Å². The predicted molar refractivity (Wildman–Crippen MR) is 68.8 cm³/mol. The van der Waals surface area contributed by atoms with Gasteiger partial charge in [0.15, 0.2) is 17.5 Å². The highest BCUT2D eigenvalue weighted by Crippen LogP contribution is 2.34. The summed E-state index contributed by atoms with van der Waals surface area (Å²) < 4.78 is 0. The molecule has 0 saturated heterocycles. The van der Waals surface area contributed by atoms with Crippen molar-refractivity contribution in [2.45, 2.75) is 0 Å². The lowest BCUT2D eigenvalue weighted by Crippen LogP contribution is -2.16. The molecule has 0 saturated carbocycles. The van der Waals surface area contributed by atoms with E-state index in [1.54, 1.807) is 0 Å². The highest BCUT2D eigenvalue weighted by atomic mass is 15.3. The number of hydrogen-bond donors (Lipinski definition) is 2. The van der Waals surface area contributed by atoms with Crippen molar-refractivity contribution in [1.82, 2.24) is 9.97 Å². The topological polar surface area (TPSA) is 67.1 Å². The monoisotopic (exact) mass is 227 g/mol. The quantitative estimate of drug-likeness (QED) is 0.773. The van der Waals surface area contributed by atoms with Crippen LogP contribution in [0.5, 0.6) is 0 Å². The molecule has 17 heavy (non-hydrogen) atoms. The summed E-state index contributed by atoms with van der Waals surface area (Å²) in [7, 11) is 1.97. The first kappa shape index (κ1) is 9.89.